The zero-order chi connectivity index (χ0) is 18.6. The third-order valence-corrected chi connectivity index (χ3v) is 3.59. The maximum Gasteiger partial charge on any atom is 0.344 e. The number of ether oxygens (including phenoxy) is 2. The molecular formula is C17H20FN3O4. The van der Waals surface area contributed by atoms with E-state index < -0.39 is 30.4 Å². The molecule has 0 saturated carbocycles. The van der Waals surface area contributed by atoms with E-state index in [2.05, 4.69) is 10.4 Å². The van der Waals surface area contributed by atoms with Crippen molar-refractivity contribution in [3.05, 3.63) is 41.5 Å². The van der Waals surface area contributed by atoms with E-state index in [0.29, 0.717) is 11.4 Å². The summed E-state index contributed by atoms with van der Waals surface area (Å²) in [6.07, 6.45) is -1.01. The summed E-state index contributed by atoms with van der Waals surface area (Å²) in [4.78, 5) is 23.9. The minimum Gasteiger partial charge on any atom is -0.482 e. The highest BCUT2D eigenvalue weighted by molar-refractivity contribution is 5.96. The lowest BCUT2D eigenvalue weighted by atomic mass is 10.3. The Morgan fingerprint density at radius 3 is 2.68 bits per heavy atom. The first-order valence-electron chi connectivity index (χ1n) is 7.67. The molecule has 7 nitrogen and oxygen atoms in total. The van der Waals surface area contributed by atoms with Crippen LogP contribution in [0, 0.1) is 19.7 Å². The molecule has 2 aromatic rings. The largest absolute Gasteiger partial charge is 0.482 e. The van der Waals surface area contributed by atoms with Crippen molar-refractivity contribution in [2.75, 3.05) is 11.9 Å². The van der Waals surface area contributed by atoms with E-state index in [-0.39, 0.29) is 5.75 Å². The fraction of sp³-hybridized carbons (Fsp3) is 0.353. The van der Waals surface area contributed by atoms with Crippen LogP contribution in [-0.2, 0) is 21.4 Å². The van der Waals surface area contributed by atoms with Crippen LogP contribution in [0.25, 0.3) is 0 Å². The molecule has 8 heteroatoms. The van der Waals surface area contributed by atoms with Crippen molar-refractivity contribution in [1.82, 2.24) is 9.78 Å². The number of hydrogen-bond acceptors (Lipinski definition) is 5. The van der Waals surface area contributed by atoms with Crippen LogP contribution in [-0.4, -0.2) is 34.4 Å². The van der Waals surface area contributed by atoms with Gasteiger partial charge in [0.25, 0.3) is 5.91 Å². The number of benzene rings is 1. The van der Waals surface area contributed by atoms with Crippen molar-refractivity contribution in [2.24, 2.45) is 7.05 Å². The smallest absolute Gasteiger partial charge is 0.344 e. The lowest BCUT2D eigenvalue weighted by Gasteiger charge is -2.14. The van der Waals surface area contributed by atoms with Crippen LogP contribution < -0.4 is 10.1 Å². The molecule has 0 aliphatic heterocycles. The molecule has 0 spiro atoms. The topological polar surface area (TPSA) is 82.5 Å². The number of anilines is 1. The van der Waals surface area contributed by atoms with E-state index in [4.69, 9.17) is 9.47 Å². The van der Waals surface area contributed by atoms with Crippen LogP contribution in [0.3, 0.4) is 0 Å². The molecule has 1 aromatic heterocycles. The quantitative estimate of drug-likeness (QED) is 0.808. The van der Waals surface area contributed by atoms with Crippen LogP contribution in [0.4, 0.5) is 10.1 Å². The zero-order valence-electron chi connectivity index (χ0n) is 14.5. The molecule has 1 atom stereocenters. The maximum absolute atomic E-state index is 13.0. The second-order valence-electron chi connectivity index (χ2n) is 5.54. The Bertz CT molecular complexity index is 788. The number of nitrogens with zero attached hydrogens (tertiary/aromatic N) is 2. The first-order chi connectivity index (χ1) is 11.8. The number of aromatic nitrogens is 2. The van der Waals surface area contributed by atoms with Gasteiger partial charge in [-0.05, 0) is 32.9 Å². The number of hydrogen-bond donors (Lipinski definition) is 1. The molecule has 0 bridgehead atoms. The molecule has 25 heavy (non-hydrogen) atoms. The molecule has 0 unspecified atom stereocenters. The van der Waals surface area contributed by atoms with Gasteiger partial charge in [0, 0.05) is 13.1 Å². The highest BCUT2D eigenvalue weighted by Crippen LogP contribution is 2.18. The van der Waals surface area contributed by atoms with E-state index in [9.17, 15) is 14.0 Å². The monoisotopic (exact) mass is 349 g/mol. The fourth-order valence-corrected chi connectivity index (χ4v) is 2.16. The van der Waals surface area contributed by atoms with Gasteiger partial charge in [-0.3, -0.25) is 9.48 Å². The molecule has 0 saturated heterocycles. The molecule has 0 aliphatic carbocycles. The molecule has 2 rings (SSSR count). The number of rotatable bonds is 6. The van der Waals surface area contributed by atoms with E-state index in [1.165, 1.54) is 25.1 Å². The lowest BCUT2D eigenvalue weighted by molar-refractivity contribution is -0.155. The van der Waals surface area contributed by atoms with Gasteiger partial charge >= 0.3 is 5.97 Å². The van der Waals surface area contributed by atoms with Crippen molar-refractivity contribution in [3.8, 4) is 5.75 Å². The summed E-state index contributed by atoms with van der Waals surface area (Å²) < 4.78 is 24.8. The molecule has 0 fully saturated rings. The van der Waals surface area contributed by atoms with E-state index in [1.807, 2.05) is 6.92 Å². The van der Waals surface area contributed by atoms with Gasteiger partial charge in [-0.25, -0.2) is 9.18 Å². The summed E-state index contributed by atoms with van der Waals surface area (Å²) in [5.41, 5.74) is 2.05. The second kappa shape index (κ2) is 7.78. The predicted molar refractivity (Wildman–Crippen MR) is 88.8 cm³/mol. The average molecular weight is 349 g/mol. The molecule has 1 N–H and O–H groups in total. The third kappa shape index (κ3) is 4.79. The Morgan fingerprint density at radius 2 is 2.08 bits per heavy atom. The first-order valence-corrected chi connectivity index (χ1v) is 7.67. The van der Waals surface area contributed by atoms with Gasteiger partial charge < -0.3 is 14.8 Å². The number of carbonyl (C=O) groups is 2. The number of amides is 1. The second-order valence-corrected chi connectivity index (χ2v) is 5.54. The molecule has 0 aliphatic rings. The van der Waals surface area contributed by atoms with Crippen LogP contribution in [0.15, 0.2) is 24.3 Å². The molecule has 0 radical (unpaired) electrons. The number of carbonyl (C=O) groups excluding carboxylic acids is 2. The summed E-state index contributed by atoms with van der Waals surface area (Å²) in [6, 6.07) is 5.39. The summed E-state index contributed by atoms with van der Waals surface area (Å²) in [5, 5.41) is 6.89. The first kappa shape index (κ1) is 18.4. The molecule has 1 heterocycles. The third-order valence-electron chi connectivity index (χ3n) is 3.59. The minimum absolute atomic E-state index is 0.204. The standard InChI is InChI=1S/C17H20FN3O4/c1-10-16(11(2)21(4)20-10)19-17(23)12(3)25-15(22)9-24-14-7-5-6-13(18)8-14/h5-8,12H,9H2,1-4H3,(H,19,23)/t12-/m1/s1. The Kier molecular flexibility index (Phi) is 5.74. The Balaban J connectivity index is 1.86. The Labute approximate surface area is 144 Å². The van der Waals surface area contributed by atoms with Gasteiger partial charge in [0.1, 0.15) is 11.6 Å². The Morgan fingerprint density at radius 1 is 1.36 bits per heavy atom. The predicted octanol–water partition coefficient (Wildman–Crippen LogP) is 2.13. The van der Waals surface area contributed by atoms with Crippen molar-refractivity contribution < 1.29 is 23.5 Å². The summed E-state index contributed by atoms with van der Waals surface area (Å²) in [5.74, 6) is -1.47. The summed E-state index contributed by atoms with van der Waals surface area (Å²) in [6.45, 7) is 4.62. The van der Waals surface area contributed by atoms with E-state index >= 15 is 0 Å². The van der Waals surface area contributed by atoms with Gasteiger partial charge in [-0.15, -0.1) is 0 Å². The highest BCUT2D eigenvalue weighted by Gasteiger charge is 2.21. The van der Waals surface area contributed by atoms with Gasteiger partial charge in [0.05, 0.1) is 17.1 Å². The normalized spacial score (nSPS) is 11.7. The molecule has 1 aromatic carbocycles. The Hall–Kier alpha value is -2.90. The van der Waals surface area contributed by atoms with Gasteiger partial charge in [0.2, 0.25) is 0 Å². The summed E-state index contributed by atoms with van der Waals surface area (Å²) >= 11 is 0. The van der Waals surface area contributed by atoms with Gasteiger partial charge in [0.15, 0.2) is 12.7 Å². The fourth-order valence-electron chi connectivity index (χ4n) is 2.16. The van der Waals surface area contributed by atoms with Crippen LogP contribution in [0.1, 0.15) is 18.3 Å². The molecule has 134 valence electrons. The highest BCUT2D eigenvalue weighted by atomic mass is 19.1. The summed E-state index contributed by atoms with van der Waals surface area (Å²) in [7, 11) is 1.77. The molecular weight excluding hydrogens is 329 g/mol. The maximum atomic E-state index is 13.0. The van der Waals surface area contributed by atoms with Gasteiger partial charge in [-0.1, -0.05) is 6.07 Å². The number of nitrogens with one attached hydrogen (secondary N) is 1. The molecule has 1 amide bonds. The van der Waals surface area contributed by atoms with Crippen molar-refractivity contribution in [2.45, 2.75) is 26.9 Å². The zero-order valence-corrected chi connectivity index (χ0v) is 14.5. The average Bonchev–Trinajstić information content (AvgIpc) is 2.79. The number of halogens is 1. The SMILES string of the molecule is Cc1nn(C)c(C)c1NC(=O)[C@@H](C)OC(=O)COc1cccc(F)c1. The van der Waals surface area contributed by atoms with E-state index in [0.717, 1.165) is 11.8 Å². The van der Waals surface area contributed by atoms with E-state index in [1.54, 1.807) is 18.7 Å². The van der Waals surface area contributed by atoms with Crippen LogP contribution in [0.5, 0.6) is 5.75 Å². The van der Waals surface area contributed by atoms with Crippen molar-refractivity contribution in [3.63, 3.8) is 0 Å². The van der Waals surface area contributed by atoms with Crippen molar-refractivity contribution >= 4 is 17.6 Å². The van der Waals surface area contributed by atoms with Gasteiger partial charge in [-0.2, -0.15) is 5.10 Å². The van der Waals surface area contributed by atoms with Crippen molar-refractivity contribution in [1.29, 1.82) is 0 Å². The number of esters is 1. The van der Waals surface area contributed by atoms with Crippen LogP contribution in [0.2, 0.25) is 0 Å². The minimum atomic E-state index is -1.01. The number of aryl methyl sites for hydroxylation is 2. The van der Waals surface area contributed by atoms with Crippen LogP contribution >= 0.6 is 0 Å². The lowest BCUT2D eigenvalue weighted by Crippen LogP contribution is -2.32.